The average molecular weight is 329 g/mol. The molecule has 1 N–H and O–H groups in total. The van der Waals surface area contributed by atoms with Crippen LogP contribution in [-0.4, -0.2) is 35.7 Å². The molecule has 4 nitrogen and oxygen atoms in total. The van der Waals surface area contributed by atoms with Gasteiger partial charge in [-0.2, -0.15) is 0 Å². The molecule has 126 valence electrons. The van der Waals surface area contributed by atoms with Gasteiger partial charge in [0.2, 0.25) is 5.91 Å². The van der Waals surface area contributed by atoms with Crippen LogP contribution in [-0.2, 0) is 11.2 Å². The molecule has 0 bridgehead atoms. The van der Waals surface area contributed by atoms with Crippen molar-refractivity contribution >= 4 is 5.91 Å². The molecule has 3 rings (SSSR count). The number of β-amino-alcohol motifs (C(OH)–C–C–N with tert-alkyl or cyclic N) is 1. The molecule has 1 aliphatic rings. The largest absolute Gasteiger partial charge is 0.497 e. The molecular weight excluding hydrogens is 309 g/mol. The molecule has 0 saturated carbocycles. The van der Waals surface area contributed by atoms with E-state index in [0.717, 1.165) is 16.9 Å². The zero-order valence-corrected chi connectivity index (χ0v) is 13.5. The standard InChI is InChI=1S/C19H20FNO3/c1-24-17-4-2-3-14(10-17)18-11-16(22)12-21(18)19(23)9-13-5-7-15(20)8-6-13/h2-8,10,16,18,22H,9,11-12H2,1H3/t16-,18-/m1/s1. The summed E-state index contributed by atoms with van der Waals surface area (Å²) < 4.78 is 18.2. The highest BCUT2D eigenvalue weighted by Crippen LogP contribution is 2.34. The van der Waals surface area contributed by atoms with Crippen molar-refractivity contribution < 1.29 is 19.0 Å². The number of halogens is 1. The first kappa shape index (κ1) is 16.5. The first-order chi connectivity index (χ1) is 11.6. The number of ether oxygens (including phenoxy) is 1. The second kappa shape index (κ2) is 7.01. The summed E-state index contributed by atoms with van der Waals surface area (Å²) >= 11 is 0. The van der Waals surface area contributed by atoms with Gasteiger partial charge in [-0.25, -0.2) is 4.39 Å². The van der Waals surface area contributed by atoms with Gasteiger partial charge in [0.15, 0.2) is 0 Å². The van der Waals surface area contributed by atoms with Crippen molar-refractivity contribution in [2.45, 2.75) is 25.0 Å². The highest BCUT2D eigenvalue weighted by atomic mass is 19.1. The molecule has 1 amide bonds. The zero-order valence-electron chi connectivity index (χ0n) is 13.5. The van der Waals surface area contributed by atoms with Crippen LogP contribution >= 0.6 is 0 Å². The van der Waals surface area contributed by atoms with Gasteiger partial charge in [-0.3, -0.25) is 4.79 Å². The normalized spacial score (nSPS) is 20.2. The SMILES string of the molecule is COc1cccc([C@H]2C[C@@H](O)CN2C(=O)Cc2ccc(F)cc2)c1. The lowest BCUT2D eigenvalue weighted by molar-refractivity contribution is -0.131. The first-order valence-corrected chi connectivity index (χ1v) is 7.92. The number of hydrogen-bond acceptors (Lipinski definition) is 3. The Hall–Kier alpha value is -2.40. The lowest BCUT2D eigenvalue weighted by Gasteiger charge is -2.25. The number of aliphatic hydroxyl groups excluding tert-OH is 1. The van der Waals surface area contributed by atoms with Crippen LogP contribution in [0.3, 0.4) is 0 Å². The van der Waals surface area contributed by atoms with Gasteiger partial charge < -0.3 is 14.7 Å². The number of carbonyl (C=O) groups is 1. The lowest BCUT2D eigenvalue weighted by Crippen LogP contribution is -2.33. The highest BCUT2D eigenvalue weighted by Gasteiger charge is 2.35. The van der Waals surface area contributed by atoms with Crippen molar-refractivity contribution in [3.05, 3.63) is 65.5 Å². The molecular formula is C19H20FNO3. The lowest BCUT2D eigenvalue weighted by atomic mass is 10.0. The third-order valence-electron chi connectivity index (χ3n) is 4.35. The molecule has 2 aromatic rings. The minimum Gasteiger partial charge on any atom is -0.497 e. The number of amides is 1. The van der Waals surface area contributed by atoms with Gasteiger partial charge in [0.25, 0.3) is 0 Å². The van der Waals surface area contributed by atoms with E-state index in [-0.39, 0.29) is 24.2 Å². The maximum atomic E-state index is 13.0. The third-order valence-corrected chi connectivity index (χ3v) is 4.35. The number of carbonyl (C=O) groups excluding carboxylic acids is 1. The van der Waals surface area contributed by atoms with Crippen molar-refractivity contribution in [3.8, 4) is 5.75 Å². The van der Waals surface area contributed by atoms with E-state index < -0.39 is 6.10 Å². The zero-order chi connectivity index (χ0) is 17.1. The monoisotopic (exact) mass is 329 g/mol. The number of rotatable bonds is 4. The summed E-state index contributed by atoms with van der Waals surface area (Å²) in [4.78, 5) is 14.4. The summed E-state index contributed by atoms with van der Waals surface area (Å²) in [5.41, 5.74) is 1.70. The summed E-state index contributed by atoms with van der Waals surface area (Å²) in [6.45, 7) is 0.307. The molecule has 0 unspecified atom stereocenters. The Bertz CT molecular complexity index is 717. The van der Waals surface area contributed by atoms with Crippen molar-refractivity contribution in [1.82, 2.24) is 4.90 Å². The van der Waals surface area contributed by atoms with E-state index in [1.807, 2.05) is 24.3 Å². The van der Waals surface area contributed by atoms with Gasteiger partial charge in [0.05, 0.1) is 25.7 Å². The van der Waals surface area contributed by atoms with E-state index in [9.17, 15) is 14.3 Å². The molecule has 1 aliphatic heterocycles. The number of methoxy groups -OCH3 is 1. The molecule has 24 heavy (non-hydrogen) atoms. The van der Waals surface area contributed by atoms with Gasteiger partial charge in [-0.1, -0.05) is 24.3 Å². The van der Waals surface area contributed by atoms with Crippen LogP contribution < -0.4 is 4.74 Å². The number of aliphatic hydroxyl groups is 1. The maximum absolute atomic E-state index is 13.0. The molecule has 2 atom stereocenters. The molecule has 1 saturated heterocycles. The Kier molecular flexibility index (Phi) is 4.81. The number of likely N-dealkylation sites (tertiary alicyclic amines) is 1. The van der Waals surface area contributed by atoms with Gasteiger partial charge in [0, 0.05) is 6.54 Å². The summed E-state index contributed by atoms with van der Waals surface area (Å²) in [5, 5.41) is 10.0. The van der Waals surface area contributed by atoms with Crippen LogP contribution in [0.5, 0.6) is 5.75 Å². The Labute approximate surface area is 140 Å². The molecule has 0 spiro atoms. The van der Waals surface area contributed by atoms with Crippen molar-refractivity contribution in [3.63, 3.8) is 0 Å². The van der Waals surface area contributed by atoms with Gasteiger partial charge in [-0.05, 0) is 41.8 Å². The van der Waals surface area contributed by atoms with Crippen LogP contribution in [0.15, 0.2) is 48.5 Å². The Morgan fingerprint density at radius 3 is 2.75 bits per heavy atom. The summed E-state index contributed by atoms with van der Waals surface area (Å²) in [5.74, 6) is 0.322. The van der Waals surface area contributed by atoms with Gasteiger partial charge in [-0.15, -0.1) is 0 Å². The average Bonchev–Trinajstić information content (AvgIpc) is 2.99. The molecule has 0 aliphatic carbocycles. The smallest absolute Gasteiger partial charge is 0.227 e. The van der Waals surface area contributed by atoms with E-state index in [4.69, 9.17) is 4.74 Å². The second-order valence-corrected chi connectivity index (χ2v) is 6.03. The molecule has 1 heterocycles. The minimum atomic E-state index is -0.543. The molecule has 0 radical (unpaired) electrons. The summed E-state index contributed by atoms with van der Waals surface area (Å²) in [7, 11) is 1.60. The Morgan fingerprint density at radius 1 is 1.29 bits per heavy atom. The fourth-order valence-electron chi connectivity index (χ4n) is 3.13. The minimum absolute atomic E-state index is 0.0778. The highest BCUT2D eigenvalue weighted by molar-refractivity contribution is 5.79. The van der Waals surface area contributed by atoms with E-state index >= 15 is 0 Å². The fourth-order valence-corrected chi connectivity index (χ4v) is 3.13. The van der Waals surface area contributed by atoms with Crippen LogP contribution in [0, 0.1) is 5.82 Å². The predicted octanol–water partition coefficient (Wildman–Crippen LogP) is 2.71. The quantitative estimate of drug-likeness (QED) is 0.938. The van der Waals surface area contributed by atoms with E-state index in [1.54, 1.807) is 24.1 Å². The van der Waals surface area contributed by atoms with Gasteiger partial charge >= 0.3 is 0 Å². The second-order valence-electron chi connectivity index (χ2n) is 6.03. The maximum Gasteiger partial charge on any atom is 0.227 e. The number of hydrogen-bond donors (Lipinski definition) is 1. The predicted molar refractivity (Wildman–Crippen MR) is 88.2 cm³/mol. The van der Waals surface area contributed by atoms with Crippen LogP contribution in [0.1, 0.15) is 23.6 Å². The topological polar surface area (TPSA) is 49.8 Å². The molecule has 1 fully saturated rings. The van der Waals surface area contributed by atoms with E-state index in [2.05, 4.69) is 0 Å². The molecule has 5 heteroatoms. The van der Waals surface area contributed by atoms with Crippen LogP contribution in [0.4, 0.5) is 4.39 Å². The first-order valence-electron chi connectivity index (χ1n) is 7.92. The van der Waals surface area contributed by atoms with Crippen molar-refractivity contribution in [1.29, 1.82) is 0 Å². The Balaban J connectivity index is 1.79. The Morgan fingerprint density at radius 2 is 2.04 bits per heavy atom. The molecule has 2 aromatic carbocycles. The van der Waals surface area contributed by atoms with Crippen molar-refractivity contribution in [2.24, 2.45) is 0 Å². The third kappa shape index (κ3) is 3.57. The summed E-state index contributed by atoms with van der Waals surface area (Å²) in [6.07, 6.45) is 0.147. The number of nitrogens with zero attached hydrogens (tertiary/aromatic N) is 1. The fraction of sp³-hybridized carbons (Fsp3) is 0.316. The van der Waals surface area contributed by atoms with E-state index in [0.29, 0.717) is 13.0 Å². The van der Waals surface area contributed by atoms with Crippen LogP contribution in [0.25, 0.3) is 0 Å². The molecule has 0 aromatic heterocycles. The summed E-state index contributed by atoms with van der Waals surface area (Å²) in [6, 6.07) is 13.3. The van der Waals surface area contributed by atoms with Gasteiger partial charge in [0.1, 0.15) is 11.6 Å². The number of benzene rings is 2. The van der Waals surface area contributed by atoms with Crippen molar-refractivity contribution in [2.75, 3.05) is 13.7 Å². The van der Waals surface area contributed by atoms with Crippen LogP contribution in [0.2, 0.25) is 0 Å². The van der Waals surface area contributed by atoms with E-state index in [1.165, 1.54) is 12.1 Å².